The molecule has 0 spiro atoms. The highest BCUT2D eigenvalue weighted by atomic mass is 16.6. The lowest BCUT2D eigenvalue weighted by Gasteiger charge is -1.96. The van der Waals surface area contributed by atoms with Crippen molar-refractivity contribution in [1.29, 1.82) is 0 Å². The summed E-state index contributed by atoms with van der Waals surface area (Å²) in [5.74, 6) is -0.599. The van der Waals surface area contributed by atoms with Crippen LogP contribution in [0.4, 0.5) is 0 Å². The lowest BCUT2D eigenvalue weighted by molar-refractivity contribution is -0.145. The molecule has 0 radical (unpaired) electrons. The first-order chi connectivity index (χ1) is 4.16. The number of hydrogen-bond donors (Lipinski definition) is 0. The lowest BCUT2D eigenvalue weighted by atomic mass is 10.6. The van der Waals surface area contributed by atoms with Crippen LogP contribution < -0.4 is 0 Å². The van der Waals surface area contributed by atoms with Gasteiger partial charge in [0.2, 0.25) is 0 Å². The van der Waals surface area contributed by atoms with Crippen LogP contribution in [0.15, 0.2) is 0 Å². The van der Waals surface area contributed by atoms with Crippen molar-refractivity contribution in [3.63, 3.8) is 0 Å². The van der Waals surface area contributed by atoms with E-state index in [-0.39, 0.29) is 12.2 Å². The molecule has 0 aromatic carbocycles. The molecule has 9 heavy (non-hydrogen) atoms. The average molecular weight is 132 g/mol. The standard InChI is InChI=1S/C6H10O3/c1-3-9-6(8)4-5(2)7/h3-4H2,1-2H3/i4+1,6+1. The quantitative estimate of drug-likeness (QED) is 0.319. The first kappa shape index (κ1) is 8.14. The summed E-state index contributed by atoms with van der Waals surface area (Å²) >= 11 is 0. The van der Waals surface area contributed by atoms with Gasteiger partial charge in [-0.2, -0.15) is 0 Å². The van der Waals surface area contributed by atoms with Gasteiger partial charge in [-0.15, -0.1) is 0 Å². The Morgan fingerprint density at radius 3 is 2.33 bits per heavy atom. The van der Waals surface area contributed by atoms with E-state index in [0.29, 0.717) is 6.61 Å². The van der Waals surface area contributed by atoms with Crippen molar-refractivity contribution in [2.45, 2.75) is 20.3 Å². The van der Waals surface area contributed by atoms with Crippen LogP contribution in [-0.4, -0.2) is 18.4 Å². The summed E-state index contributed by atoms with van der Waals surface area (Å²) in [7, 11) is 0. The second-order valence-corrected chi connectivity index (χ2v) is 1.68. The molecule has 3 heteroatoms. The van der Waals surface area contributed by atoms with E-state index in [2.05, 4.69) is 4.74 Å². The Labute approximate surface area is 54.0 Å². The Bertz CT molecular complexity index is 117. The normalized spacial score (nSPS) is 8.67. The number of ketones is 1. The molecule has 0 N–H and O–H groups in total. The van der Waals surface area contributed by atoms with Gasteiger partial charge in [-0.25, -0.2) is 0 Å². The molecule has 0 aliphatic carbocycles. The summed E-state index contributed by atoms with van der Waals surface area (Å²) in [5, 5.41) is 0. The molecule has 0 aromatic heterocycles. The molecule has 3 nitrogen and oxygen atoms in total. The monoisotopic (exact) mass is 132 g/mol. The van der Waals surface area contributed by atoms with Crippen molar-refractivity contribution < 1.29 is 14.3 Å². The highest BCUT2D eigenvalue weighted by molar-refractivity contribution is 5.94. The SMILES string of the molecule is CCO[13C](=O)[13CH2]C(C)=O. The maximum atomic E-state index is 10.4. The van der Waals surface area contributed by atoms with Gasteiger partial charge in [0.05, 0.1) is 6.61 Å². The van der Waals surface area contributed by atoms with Crippen molar-refractivity contribution in [3.8, 4) is 0 Å². The molecule has 0 heterocycles. The Balaban J connectivity index is 3.39. The third kappa shape index (κ3) is 5.00. The van der Waals surface area contributed by atoms with Gasteiger partial charge in [0.1, 0.15) is 12.2 Å². The molecule has 0 bridgehead atoms. The fourth-order valence-electron chi connectivity index (χ4n) is 0.415. The first-order valence-electron chi connectivity index (χ1n) is 2.82. The van der Waals surface area contributed by atoms with Crippen LogP contribution in [-0.2, 0) is 14.3 Å². The van der Waals surface area contributed by atoms with Crippen LogP contribution in [0.25, 0.3) is 0 Å². The van der Waals surface area contributed by atoms with E-state index < -0.39 is 5.97 Å². The first-order valence-corrected chi connectivity index (χ1v) is 2.82. The maximum absolute atomic E-state index is 10.4. The van der Waals surface area contributed by atoms with E-state index in [1.54, 1.807) is 6.92 Å². The van der Waals surface area contributed by atoms with Crippen LogP contribution in [0.5, 0.6) is 0 Å². The van der Waals surface area contributed by atoms with Gasteiger partial charge >= 0.3 is 5.97 Å². The molecule has 0 fully saturated rings. The molecule has 0 atom stereocenters. The second-order valence-electron chi connectivity index (χ2n) is 1.68. The minimum Gasteiger partial charge on any atom is -0.466 e. The zero-order valence-corrected chi connectivity index (χ0v) is 5.64. The summed E-state index contributed by atoms with van der Waals surface area (Å²) in [5.41, 5.74) is 0. The lowest BCUT2D eigenvalue weighted by Crippen LogP contribution is -2.07. The summed E-state index contributed by atoms with van der Waals surface area (Å²) < 4.78 is 4.49. The zero-order chi connectivity index (χ0) is 7.28. The van der Waals surface area contributed by atoms with E-state index >= 15 is 0 Å². The van der Waals surface area contributed by atoms with Crippen molar-refractivity contribution in [2.24, 2.45) is 0 Å². The summed E-state index contributed by atoms with van der Waals surface area (Å²) in [6.45, 7) is 3.40. The molecule has 0 saturated heterocycles. The summed E-state index contributed by atoms with van der Waals surface area (Å²) in [4.78, 5) is 20.6. The van der Waals surface area contributed by atoms with Crippen LogP contribution in [0.1, 0.15) is 20.3 Å². The molecule has 0 saturated carbocycles. The Morgan fingerprint density at radius 2 is 2.00 bits per heavy atom. The Kier molecular flexibility index (Phi) is 3.67. The largest absolute Gasteiger partial charge is 0.466 e. The van der Waals surface area contributed by atoms with Gasteiger partial charge in [-0.1, -0.05) is 0 Å². The minimum atomic E-state index is -0.440. The molecular weight excluding hydrogens is 122 g/mol. The van der Waals surface area contributed by atoms with Crippen LogP contribution in [0.2, 0.25) is 0 Å². The van der Waals surface area contributed by atoms with Crippen LogP contribution >= 0.6 is 0 Å². The Morgan fingerprint density at radius 1 is 1.44 bits per heavy atom. The third-order valence-corrected chi connectivity index (χ3v) is 0.699. The number of carbonyl (C=O) groups excluding carboxylic acids is 2. The van der Waals surface area contributed by atoms with E-state index in [9.17, 15) is 9.59 Å². The van der Waals surface area contributed by atoms with Crippen LogP contribution in [0.3, 0.4) is 0 Å². The van der Waals surface area contributed by atoms with Gasteiger partial charge in [0.25, 0.3) is 0 Å². The van der Waals surface area contributed by atoms with Crippen LogP contribution in [0, 0.1) is 0 Å². The van der Waals surface area contributed by atoms with Gasteiger partial charge < -0.3 is 4.74 Å². The highest BCUT2D eigenvalue weighted by Crippen LogP contribution is 1.86. The molecule has 0 aromatic rings. The number of Topliss-reactive ketones (excluding diaryl/α,β-unsaturated/α-hetero) is 1. The second kappa shape index (κ2) is 4.06. The fourth-order valence-corrected chi connectivity index (χ4v) is 0.415. The number of carbonyl (C=O) groups is 2. The van der Waals surface area contributed by atoms with Gasteiger partial charge in [-0.05, 0) is 13.8 Å². The minimum absolute atomic E-state index is 0.103. The average Bonchev–Trinajstić information content (AvgIpc) is 1.63. The van der Waals surface area contributed by atoms with E-state index in [4.69, 9.17) is 0 Å². The summed E-state index contributed by atoms with van der Waals surface area (Å²) in [6, 6.07) is 0. The predicted molar refractivity (Wildman–Crippen MR) is 31.9 cm³/mol. The van der Waals surface area contributed by atoms with E-state index in [1.165, 1.54) is 6.92 Å². The number of ether oxygens (including phenoxy) is 1. The fraction of sp³-hybridized carbons (Fsp3) is 0.667. The van der Waals surface area contributed by atoms with Gasteiger partial charge in [0.15, 0.2) is 0 Å². The zero-order valence-electron chi connectivity index (χ0n) is 5.64. The summed E-state index contributed by atoms with van der Waals surface area (Å²) in [6.07, 6.45) is -0.103. The van der Waals surface area contributed by atoms with E-state index in [1.807, 2.05) is 0 Å². The topological polar surface area (TPSA) is 43.4 Å². The molecule has 0 aliphatic rings. The molecule has 0 unspecified atom stereocenters. The smallest absolute Gasteiger partial charge is 0.313 e. The molecule has 52 valence electrons. The molecule has 0 aliphatic heterocycles. The Hall–Kier alpha value is -0.860. The number of rotatable bonds is 3. The molecule has 0 amide bonds. The van der Waals surface area contributed by atoms with E-state index in [0.717, 1.165) is 0 Å². The highest BCUT2D eigenvalue weighted by Gasteiger charge is 2.03. The van der Waals surface area contributed by atoms with Crippen molar-refractivity contribution >= 4 is 11.8 Å². The number of hydrogen-bond acceptors (Lipinski definition) is 3. The molecule has 0 rings (SSSR count). The van der Waals surface area contributed by atoms with Crippen molar-refractivity contribution in [3.05, 3.63) is 0 Å². The maximum Gasteiger partial charge on any atom is 0.313 e. The van der Waals surface area contributed by atoms with Crippen molar-refractivity contribution in [1.82, 2.24) is 0 Å². The third-order valence-electron chi connectivity index (χ3n) is 0.699. The van der Waals surface area contributed by atoms with Gasteiger partial charge in [0, 0.05) is 0 Å². The number of esters is 1. The molecular formula is C6H10O3. The predicted octanol–water partition coefficient (Wildman–Crippen LogP) is 0.529. The van der Waals surface area contributed by atoms with Gasteiger partial charge in [-0.3, -0.25) is 9.59 Å². The van der Waals surface area contributed by atoms with Crippen molar-refractivity contribution in [2.75, 3.05) is 6.61 Å².